The standard InChI is InChI=1S/C17H26BrNO3/c1-6-22-16-14(18)9-13(10-15(16)21-5)17(20)19-12(4)8-7-11(2)3/h9-12H,6-8H2,1-5H3,(H,19,20). The van der Waals surface area contributed by atoms with E-state index in [9.17, 15) is 4.79 Å². The SMILES string of the molecule is CCOc1c(Br)cc(C(=O)NC(C)CCC(C)C)cc1OC. The van der Waals surface area contributed by atoms with Crippen LogP contribution in [0.2, 0.25) is 0 Å². The van der Waals surface area contributed by atoms with Crippen LogP contribution in [-0.4, -0.2) is 25.7 Å². The van der Waals surface area contributed by atoms with E-state index >= 15 is 0 Å². The van der Waals surface area contributed by atoms with E-state index in [1.807, 2.05) is 13.8 Å². The fraction of sp³-hybridized carbons (Fsp3) is 0.588. The summed E-state index contributed by atoms with van der Waals surface area (Å²) in [4.78, 5) is 12.4. The van der Waals surface area contributed by atoms with Crippen LogP contribution in [0, 0.1) is 5.92 Å². The summed E-state index contributed by atoms with van der Waals surface area (Å²) >= 11 is 3.44. The van der Waals surface area contributed by atoms with Crippen LogP contribution in [0.3, 0.4) is 0 Å². The molecule has 124 valence electrons. The van der Waals surface area contributed by atoms with Crippen molar-refractivity contribution < 1.29 is 14.3 Å². The smallest absolute Gasteiger partial charge is 0.251 e. The van der Waals surface area contributed by atoms with Crippen LogP contribution >= 0.6 is 15.9 Å². The molecule has 1 rings (SSSR count). The molecule has 0 radical (unpaired) electrons. The summed E-state index contributed by atoms with van der Waals surface area (Å²) in [5.74, 6) is 1.71. The van der Waals surface area contributed by atoms with Gasteiger partial charge in [0.1, 0.15) is 0 Å². The Labute approximate surface area is 141 Å². The fourth-order valence-electron chi connectivity index (χ4n) is 2.10. The number of carbonyl (C=O) groups is 1. The lowest BCUT2D eigenvalue weighted by Gasteiger charge is -2.17. The first-order chi connectivity index (χ1) is 10.4. The van der Waals surface area contributed by atoms with Crippen molar-refractivity contribution in [1.82, 2.24) is 5.32 Å². The van der Waals surface area contributed by atoms with Gasteiger partial charge in [-0.15, -0.1) is 0 Å². The molecule has 0 bridgehead atoms. The molecule has 0 heterocycles. The minimum atomic E-state index is -0.0988. The number of amides is 1. The molecule has 1 atom stereocenters. The number of nitrogens with one attached hydrogen (secondary N) is 1. The molecule has 0 aliphatic rings. The van der Waals surface area contributed by atoms with E-state index < -0.39 is 0 Å². The number of benzene rings is 1. The predicted molar refractivity (Wildman–Crippen MR) is 92.9 cm³/mol. The van der Waals surface area contributed by atoms with Crippen LogP contribution in [0.15, 0.2) is 16.6 Å². The normalized spacial score (nSPS) is 12.1. The van der Waals surface area contributed by atoms with Crippen LogP contribution in [-0.2, 0) is 0 Å². The van der Waals surface area contributed by atoms with Crippen molar-refractivity contribution in [2.24, 2.45) is 5.92 Å². The zero-order valence-corrected chi connectivity index (χ0v) is 15.6. The Morgan fingerprint density at radius 1 is 1.27 bits per heavy atom. The molecule has 1 aromatic rings. The average Bonchev–Trinajstić information content (AvgIpc) is 2.46. The zero-order valence-electron chi connectivity index (χ0n) is 14.0. The quantitative estimate of drug-likeness (QED) is 0.735. The van der Waals surface area contributed by atoms with Crippen molar-refractivity contribution in [2.75, 3.05) is 13.7 Å². The molecule has 1 aromatic carbocycles. The molecule has 1 unspecified atom stereocenters. The van der Waals surface area contributed by atoms with Gasteiger partial charge < -0.3 is 14.8 Å². The summed E-state index contributed by atoms with van der Waals surface area (Å²) in [6.45, 7) is 8.84. The summed E-state index contributed by atoms with van der Waals surface area (Å²) < 4.78 is 11.6. The lowest BCUT2D eigenvalue weighted by Crippen LogP contribution is -2.32. The van der Waals surface area contributed by atoms with E-state index in [2.05, 4.69) is 35.1 Å². The molecule has 0 saturated carbocycles. The van der Waals surface area contributed by atoms with Gasteiger partial charge in [-0.3, -0.25) is 4.79 Å². The Kier molecular flexibility index (Phi) is 7.73. The lowest BCUT2D eigenvalue weighted by molar-refractivity contribution is 0.0936. The number of methoxy groups -OCH3 is 1. The van der Waals surface area contributed by atoms with E-state index in [0.717, 1.165) is 12.8 Å². The molecule has 1 N–H and O–H groups in total. The van der Waals surface area contributed by atoms with E-state index in [1.165, 1.54) is 0 Å². The second-order valence-electron chi connectivity index (χ2n) is 5.77. The minimum Gasteiger partial charge on any atom is -0.493 e. The van der Waals surface area contributed by atoms with Crippen molar-refractivity contribution in [3.05, 3.63) is 22.2 Å². The van der Waals surface area contributed by atoms with Crippen LogP contribution in [0.5, 0.6) is 11.5 Å². The topological polar surface area (TPSA) is 47.6 Å². The maximum Gasteiger partial charge on any atom is 0.251 e. The van der Waals surface area contributed by atoms with Crippen molar-refractivity contribution in [1.29, 1.82) is 0 Å². The first-order valence-electron chi connectivity index (χ1n) is 7.70. The third-order valence-corrected chi connectivity index (χ3v) is 3.92. The molecule has 0 spiro atoms. The largest absolute Gasteiger partial charge is 0.493 e. The molecular formula is C17H26BrNO3. The van der Waals surface area contributed by atoms with Gasteiger partial charge >= 0.3 is 0 Å². The number of ether oxygens (including phenoxy) is 2. The maximum absolute atomic E-state index is 12.4. The van der Waals surface area contributed by atoms with Gasteiger partial charge in [0.05, 0.1) is 18.2 Å². The zero-order chi connectivity index (χ0) is 16.7. The highest BCUT2D eigenvalue weighted by atomic mass is 79.9. The van der Waals surface area contributed by atoms with Gasteiger partial charge in [-0.2, -0.15) is 0 Å². The monoisotopic (exact) mass is 371 g/mol. The van der Waals surface area contributed by atoms with Crippen molar-refractivity contribution in [3.8, 4) is 11.5 Å². The number of rotatable bonds is 8. The molecule has 0 aliphatic heterocycles. The van der Waals surface area contributed by atoms with Gasteiger partial charge in [0.2, 0.25) is 0 Å². The van der Waals surface area contributed by atoms with E-state index in [-0.39, 0.29) is 11.9 Å². The number of hydrogen-bond acceptors (Lipinski definition) is 3. The molecule has 5 heteroatoms. The van der Waals surface area contributed by atoms with Gasteiger partial charge in [-0.1, -0.05) is 13.8 Å². The van der Waals surface area contributed by atoms with Crippen molar-refractivity contribution in [3.63, 3.8) is 0 Å². The number of carbonyl (C=O) groups excluding carboxylic acids is 1. The summed E-state index contributed by atoms with van der Waals surface area (Å²) in [5.41, 5.74) is 0.559. The number of halogens is 1. The highest BCUT2D eigenvalue weighted by Crippen LogP contribution is 2.36. The van der Waals surface area contributed by atoms with Crippen LogP contribution in [0.4, 0.5) is 0 Å². The highest BCUT2D eigenvalue weighted by molar-refractivity contribution is 9.10. The average molecular weight is 372 g/mol. The van der Waals surface area contributed by atoms with Gasteiger partial charge in [0.15, 0.2) is 11.5 Å². The van der Waals surface area contributed by atoms with Gasteiger partial charge in [-0.25, -0.2) is 0 Å². The van der Waals surface area contributed by atoms with Crippen LogP contribution in [0.1, 0.15) is 50.9 Å². The molecule has 22 heavy (non-hydrogen) atoms. The van der Waals surface area contributed by atoms with Crippen molar-refractivity contribution >= 4 is 21.8 Å². The second kappa shape index (κ2) is 9.03. The summed E-state index contributed by atoms with van der Waals surface area (Å²) in [5, 5.41) is 3.03. The summed E-state index contributed by atoms with van der Waals surface area (Å²) in [6.07, 6.45) is 2.07. The molecule has 4 nitrogen and oxygen atoms in total. The molecule has 0 aliphatic carbocycles. The highest BCUT2D eigenvalue weighted by Gasteiger charge is 2.16. The molecule has 1 amide bonds. The van der Waals surface area contributed by atoms with Gasteiger partial charge in [0.25, 0.3) is 5.91 Å². The molecule has 0 aromatic heterocycles. The predicted octanol–water partition coefficient (Wildman–Crippen LogP) is 4.41. The van der Waals surface area contributed by atoms with E-state index in [1.54, 1.807) is 19.2 Å². The fourth-order valence-corrected chi connectivity index (χ4v) is 2.65. The Hall–Kier alpha value is -1.23. The van der Waals surface area contributed by atoms with E-state index in [4.69, 9.17) is 9.47 Å². The first-order valence-corrected chi connectivity index (χ1v) is 8.49. The maximum atomic E-state index is 12.4. The van der Waals surface area contributed by atoms with Crippen LogP contribution in [0.25, 0.3) is 0 Å². The van der Waals surface area contributed by atoms with Gasteiger partial charge in [-0.05, 0) is 60.7 Å². The number of hydrogen-bond donors (Lipinski definition) is 1. The third kappa shape index (κ3) is 5.52. The van der Waals surface area contributed by atoms with Crippen LogP contribution < -0.4 is 14.8 Å². The van der Waals surface area contributed by atoms with Crippen molar-refractivity contribution in [2.45, 2.75) is 46.6 Å². The first kappa shape index (κ1) is 18.8. The summed E-state index contributed by atoms with van der Waals surface area (Å²) in [6, 6.07) is 3.62. The second-order valence-corrected chi connectivity index (χ2v) is 6.62. The van der Waals surface area contributed by atoms with E-state index in [0.29, 0.717) is 34.1 Å². The molecule has 0 fully saturated rings. The Bertz CT molecular complexity index is 503. The Balaban J connectivity index is 2.83. The lowest BCUT2D eigenvalue weighted by atomic mass is 10.0. The minimum absolute atomic E-state index is 0.0988. The molecular weight excluding hydrogens is 346 g/mol. The Morgan fingerprint density at radius 3 is 2.50 bits per heavy atom. The third-order valence-electron chi connectivity index (χ3n) is 3.33. The molecule has 0 saturated heterocycles. The summed E-state index contributed by atoms with van der Waals surface area (Å²) in [7, 11) is 1.57. The Morgan fingerprint density at radius 2 is 1.95 bits per heavy atom. The van der Waals surface area contributed by atoms with Gasteiger partial charge in [0, 0.05) is 11.6 Å².